The minimum atomic E-state index is 0.0701. The molecule has 5 heteroatoms. The van der Waals surface area contributed by atoms with Crippen molar-refractivity contribution >= 4 is 11.8 Å². The second-order valence-electron chi connectivity index (χ2n) is 7.29. The Bertz CT molecular complexity index is 830. The number of benzene rings is 1. The average Bonchev–Trinajstić information content (AvgIpc) is 3.02. The molecule has 1 fully saturated rings. The molecule has 2 amide bonds. The second kappa shape index (κ2) is 7.36. The maximum atomic E-state index is 12.9. The molecule has 0 N–H and O–H groups in total. The fourth-order valence-corrected chi connectivity index (χ4v) is 3.47. The molecule has 26 heavy (non-hydrogen) atoms. The Morgan fingerprint density at radius 2 is 1.54 bits per heavy atom. The highest BCUT2D eigenvalue weighted by molar-refractivity contribution is 5.96. The van der Waals surface area contributed by atoms with Crippen LogP contribution in [0.15, 0.2) is 30.6 Å². The summed E-state index contributed by atoms with van der Waals surface area (Å²) in [7, 11) is 1.95. The summed E-state index contributed by atoms with van der Waals surface area (Å²) in [5.74, 6) is 0.200. The van der Waals surface area contributed by atoms with Gasteiger partial charge in [-0.05, 0) is 55.2 Å². The van der Waals surface area contributed by atoms with Crippen molar-refractivity contribution in [2.75, 3.05) is 26.2 Å². The molecule has 0 radical (unpaired) electrons. The molecule has 0 atom stereocenters. The van der Waals surface area contributed by atoms with Gasteiger partial charge in [-0.1, -0.05) is 6.07 Å². The molecule has 0 saturated carbocycles. The summed E-state index contributed by atoms with van der Waals surface area (Å²) in [4.78, 5) is 29.1. The van der Waals surface area contributed by atoms with Gasteiger partial charge in [-0.15, -0.1) is 0 Å². The zero-order valence-corrected chi connectivity index (χ0v) is 16.1. The molecule has 0 unspecified atom stereocenters. The van der Waals surface area contributed by atoms with Crippen molar-refractivity contribution in [3.05, 3.63) is 58.4 Å². The lowest BCUT2D eigenvalue weighted by molar-refractivity contribution is -0.131. The largest absolute Gasteiger partial charge is 0.357 e. The topological polar surface area (TPSA) is 45.6 Å². The van der Waals surface area contributed by atoms with Crippen LogP contribution < -0.4 is 0 Å². The van der Waals surface area contributed by atoms with E-state index in [0.29, 0.717) is 32.6 Å². The molecule has 3 rings (SSSR count). The molecule has 2 aromatic rings. The van der Waals surface area contributed by atoms with E-state index in [1.807, 2.05) is 59.8 Å². The molecule has 0 bridgehead atoms. The van der Waals surface area contributed by atoms with Gasteiger partial charge in [-0.25, -0.2) is 0 Å². The van der Waals surface area contributed by atoms with Crippen molar-refractivity contribution in [1.29, 1.82) is 0 Å². The Balaban J connectivity index is 1.60. The Kier molecular flexibility index (Phi) is 5.16. The Morgan fingerprint density at radius 1 is 0.923 bits per heavy atom. The predicted octanol–water partition coefficient (Wildman–Crippen LogP) is 2.48. The molecule has 138 valence electrons. The maximum absolute atomic E-state index is 12.9. The van der Waals surface area contributed by atoms with Gasteiger partial charge >= 0.3 is 0 Å². The van der Waals surface area contributed by atoms with E-state index in [0.717, 1.165) is 22.3 Å². The van der Waals surface area contributed by atoms with E-state index in [1.54, 1.807) is 0 Å². The molecule has 2 heterocycles. The van der Waals surface area contributed by atoms with Crippen LogP contribution in [0.2, 0.25) is 0 Å². The lowest BCUT2D eigenvalue weighted by atomic mass is 10.00. The monoisotopic (exact) mass is 353 g/mol. The Labute approximate surface area is 155 Å². The summed E-state index contributed by atoms with van der Waals surface area (Å²) in [5.41, 5.74) is 5.16. The molecule has 1 saturated heterocycles. The van der Waals surface area contributed by atoms with Crippen LogP contribution in [0.4, 0.5) is 0 Å². The molecule has 5 nitrogen and oxygen atoms in total. The highest BCUT2D eigenvalue weighted by Crippen LogP contribution is 2.18. The van der Waals surface area contributed by atoms with Crippen LogP contribution in [0.1, 0.15) is 32.6 Å². The summed E-state index contributed by atoms with van der Waals surface area (Å²) in [5, 5.41) is 0. The minimum absolute atomic E-state index is 0.0701. The summed E-state index contributed by atoms with van der Waals surface area (Å²) >= 11 is 0. The number of piperazine rings is 1. The Morgan fingerprint density at radius 3 is 2.15 bits per heavy atom. The summed E-state index contributed by atoms with van der Waals surface area (Å²) < 4.78 is 1.95. The van der Waals surface area contributed by atoms with Crippen LogP contribution in [0.25, 0.3) is 0 Å². The van der Waals surface area contributed by atoms with Gasteiger partial charge in [0.05, 0.1) is 6.42 Å². The number of hydrogen-bond donors (Lipinski definition) is 0. The summed E-state index contributed by atoms with van der Waals surface area (Å²) in [6, 6.07) is 6.03. The summed E-state index contributed by atoms with van der Waals surface area (Å²) in [6.07, 6.45) is 4.34. The van der Waals surface area contributed by atoms with Gasteiger partial charge in [-0.3, -0.25) is 9.59 Å². The Hall–Kier alpha value is -2.56. The van der Waals surface area contributed by atoms with Crippen LogP contribution in [0, 0.1) is 20.8 Å². The first-order valence-corrected chi connectivity index (χ1v) is 9.11. The highest BCUT2D eigenvalue weighted by atomic mass is 16.2. The normalized spacial score (nSPS) is 14.6. The van der Waals surface area contributed by atoms with Gasteiger partial charge in [0.25, 0.3) is 5.91 Å². The van der Waals surface area contributed by atoms with E-state index in [1.165, 1.54) is 5.56 Å². The van der Waals surface area contributed by atoms with E-state index in [9.17, 15) is 9.59 Å². The zero-order chi connectivity index (χ0) is 18.8. The number of amides is 2. The van der Waals surface area contributed by atoms with Crippen LogP contribution in [-0.2, 0) is 18.3 Å². The van der Waals surface area contributed by atoms with E-state index in [2.05, 4.69) is 13.0 Å². The number of rotatable bonds is 3. The van der Waals surface area contributed by atoms with Gasteiger partial charge in [0.15, 0.2) is 0 Å². The number of nitrogens with zero attached hydrogens (tertiary/aromatic N) is 3. The fraction of sp³-hybridized carbons (Fsp3) is 0.429. The molecule has 1 aliphatic heterocycles. The maximum Gasteiger partial charge on any atom is 0.254 e. The molecule has 0 aliphatic carbocycles. The first kappa shape index (κ1) is 18.2. The molecular weight excluding hydrogens is 326 g/mol. The SMILES string of the molecule is Cc1cc(C)c(C(=O)N2CCN(C(=O)Cc3ccn(C)c3)CC2)cc1C. The molecule has 1 aliphatic rings. The highest BCUT2D eigenvalue weighted by Gasteiger charge is 2.25. The number of carbonyl (C=O) groups excluding carboxylic acids is 2. The van der Waals surface area contributed by atoms with Crippen molar-refractivity contribution in [2.45, 2.75) is 27.2 Å². The number of aromatic nitrogens is 1. The van der Waals surface area contributed by atoms with E-state index in [4.69, 9.17) is 0 Å². The van der Waals surface area contributed by atoms with Gasteiger partial charge in [-0.2, -0.15) is 0 Å². The van der Waals surface area contributed by atoms with E-state index < -0.39 is 0 Å². The van der Waals surface area contributed by atoms with Gasteiger partial charge in [0.2, 0.25) is 5.91 Å². The standard InChI is InChI=1S/C21H27N3O2/c1-15-11-17(3)19(12-16(15)2)21(26)24-9-7-23(8-10-24)20(25)13-18-5-6-22(4)14-18/h5-6,11-12,14H,7-10,13H2,1-4H3. The first-order valence-electron chi connectivity index (χ1n) is 9.11. The number of aryl methyl sites for hydroxylation is 4. The first-order chi connectivity index (χ1) is 12.3. The lowest BCUT2D eigenvalue weighted by Crippen LogP contribution is -2.51. The second-order valence-corrected chi connectivity index (χ2v) is 7.29. The van der Waals surface area contributed by atoms with Crippen molar-refractivity contribution in [1.82, 2.24) is 14.4 Å². The number of hydrogen-bond acceptors (Lipinski definition) is 2. The predicted molar refractivity (Wildman–Crippen MR) is 102 cm³/mol. The van der Waals surface area contributed by atoms with E-state index >= 15 is 0 Å². The lowest BCUT2D eigenvalue weighted by Gasteiger charge is -2.35. The van der Waals surface area contributed by atoms with E-state index in [-0.39, 0.29) is 11.8 Å². The molecule has 1 aromatic heterocycles. The zero-order valence-electron chi connectivity index (χ0n) is 16.1. The third kappa shape index (κ3) is 3.82. The van der Waals surface area contributed by atoms with Crippen LogP contribution in [0.3, 0.4) is 0 Å². The summed E-state index contributed by atoms with van der Waals surface area (Å²) in [6.45, 7) is 8.46. The van der Waals surface area contributed by atoms with Crippen molar-refractivity contribution in [3.63, 3.8) is 0 Å². The van der Waals surface area contributed by atoms with Crippen molar-refractivity contribution in [2.24, 2.45) is 7.05 Å². The molecule has 1 aromatic carbocycles. The van der Waals surface area contributed by atoms with Crippen molar-refractivity contribution < 1.29 is 9.59 Å². The van der Waals surface area contributed by atoms with Crippen LogP contribution >= 0.6 is 0 Å². The third-order valence-corrected chi connectivity index (χ3v) is 5.24. The van der Waals surface area contributed by atoms with Gasteiger partial charge < -0.3 is 14.4 Å². The van der Waals surface area contributed by atoms with Crippen LogP contribution in [0.5, 0.6) is 0 Å². The smallest absolute Gasteiger partial charge is 0.254 e. The molecule has 0 spiro atoms. The van der Waals surface area contributed by atoms with Gasteiger partial charge in [0.1, 0.15) is 0 Å². The number of carbonyl (C=O) groups is 2. The average molecular weight is 353 g/mol. The molecular formula is C21H27N3O2. The fourth-order valence-electron chi connectivity index (χ4n) is 3.47. The quantitative estimate of drug-likeness (QED) is 0.851. The minimum Gasteiger partial charge on any atom is -0.357 e. The van der Waals surface area contributed by atoms with Crippen LogP contribution in [-0.4, -0.2) is 52.4 Å². The third-order valence-electron chi connectivity index (χ3n) is 5.24. The van der Waals surface area contributed by atoms with Gasteiger partial charge in [0, 0.05) is 51.2 Å². The van der Waals surface area contributed by atoms with Crippen molar-refractivity contribution in [3.8, 4) is 0 Å².